The van der Waals surface area contributed by atoms with Crippen molar-refractivity contribution in [3.8, 4) is 0 Å². The van der Waals surface area contributed by atoms with Gasteiger partial charge in [0.05, 0.1) is 18.3 Å². The van der Waals surface area contributed by atoms with Crippen molar-refractivity contribution in [2.45, 2.75) is 51.0 Å². The van der Waals surface area contributed by atoms with E-state index in [1.807, 2.05) is 13.1 Å². The van der Waals surface area contributed by atoms with Gasteiger partial charge < -0.3 is 14.8 Å². The Morgan fingerprint density at radius 2 is 2.05 bits per heavy atom. The lowest BCUT2D eigenvalue weighted by atomic mass is 9.85. The van der Waals surface area contributed by atoms with Crippen molar-refractivity contribution < 1.29 is 9.47 Å². The van der Waals surface area contributed by atoms with E-state index >= 15 is 0 Å². The summed E-state index contributed by atoms with van der Waals surface area (Å²) < 4.78 is 12.0. The Kier molecular flexibility index (Phi) is 5.37. The van der Waals surface area contributed by atoms with Gasteiger partial charge in [0.2, 0.25) is 0 Å². The number of rotatable bonds is 7. The molecule has 19 heavy (non-hydrogen) atoms. The van der Waals surface area contributed by atoms with Crippen LogP contribution in [0.5, 0.6) is 0 Å². The fraction of sp³-hybridized carbons (Fsp3) is 0.625. The van der Waals surface area contributed by atoms with Gasteiger partial charge in [-0.05, 0) is 32.4 Å². The normalized spacial score (nSPS) is 27.8. The van der Waals surface area contributed by atoms with Crippen LogP contribution in [-0.4, -0.2) is 31.9 Å². The maximum absolute atomic E-state index is 6.15. The average molecular weight is 263 g/mol. The van der Waals surface area contributed by atoms with Gasteiger partial charge in [-0.1, -0.05) is 37.3 Å². The molecular formula is C16H25NO2. The van der Waals surface area contributed by atoms with Crippen LogP contribution in [0, 0.1) is 0 Å². The Labute approximate surface area is 116 Å². The van der Waals surface area contributed by atoms with E-state index < -0.39 is 0 Å². The molecular weight excluding hydrogens is 238 g/mol. The van der Waals surface area contributed by atoms with E-state index in [1.165, 1.54) is 5.56 Å². The molecule has 1 aromatic rings. The Hall–Kier alpha value is -0.900. The Bertz CT molecular complexity index is 368. The third-order valence-corrected chi connectivity index (χ3v) is 3.78. The summed E-state index contributed by atoms with van der Waals surface area (Å²) in [6.07, 6.45) is 2.60. The van der Waals surface area contributed by atoms with Crippen LogP contribution in [-0.2, 0) is 9.47 Å². The molecule has 3 nitrogen and oxygen atoms in total. The third kappa shape index (κ3) is 3.56. The highest BCUT2D eigenvalue weighted by molar-refractivity contribution is 5.17. The second-order valence-corrected chi connectivity index (χ2v) is 5.19. The van der Waals surface area contributed by atoms with Gasteiger partial charge in [-0.15, -0.1) is 0 Å². The van der Waals surface area contributed by atoms with Crippen molar-refractivity contribution in [2.24, 2.45) is 0 Å². The van der Waals surface area contributed by atoms with Crippen molar-refractivity contribution in [3.63, 3.8) is 0 Å². The molecule has 0 saturated heterocycles. The molecule has 1 aromatic carbocycles. The smallest absolute Gasteiger partial charge is 0.0990 e. The van der Waals surface area contributed by atoms with Crippen LogP contribution in [0.25, 0.3) is 0 Å². The molecule has 0 spiro atoms. The molecule has 0 amide bonds. The van der Waals surface area contributed by atoms with Crippen LogP contribution in [0.15, 0.2) is 30.3 Å². The van der Waals surface area contributed by atoms with Gasteiger partial charge in [0.1, 0.15) is 0 Å². The minimum absolute atomic E-state index is 0.122. The maximum Gasteiger partial charge on any atom is 0.0990 e. The number of benzene rings is 1. The molecule has 0 aromatic heterocycles. The second kappa shape index (κ2) is 7.04. The third-order valence-electron chi connectivity index (χ3n) is 3.78. The predicted octanol–water partition coefficient (Wildman–Crippen LogP) is 2.92. The highest BCUT2D eigenvalue weighted by atomic mass is 16.6. The summed E-state index contributed by atoms with van der Waals surface area (Å²) in [4.78, 5) is 0. The highest BCUT2D eigenvalue weighted by Crippen LogP contribution is 2.31. The Morgan fingerprint density at radius 3 is 2.68 bits per heavy atom. The molecule has 0 bridgehead atoms. The van der Waals surface area contributed by atoms with Gasteiger partial charge in [-0.3, -0.25) is 0 Å². The molecule has 2 rings (SSSR count). The Balaban J connectivity index is 1.88. The summed E-state index contributed by atoms with van der Waals surface area (Å²) in [5, 5.41) is 3.30. The summed E-state index contributed by atoms with van der Waals surface area (Å²) in [5.41, 5.74) is 1.23. The first kappa shape index (κ1) is 14.5. The molecule has 1 fully saturated rings. The van der Waals surface area contributed by atoms with Gasteiger partial charge in [0.25, 0.3) is 0 Å². The number of nitrogens with one attached hydrogen (secondary N) is 1. The maximum atomic E-state index is 6.15. The van der Waals surface area contributed by atoms with E-state index in [4.69, 9.17) is 9.47 Å². The highest BCUT2D eigenvalue weighted by Gasteiger charge is 2.42. The van der Waals surface area contributed by atoms with Crippen molar-refractivity contribution in [2.75, 3.05) is 13.7 Å². The zero-order valence-corrected chi connectivity index (χ0v) is 12.1. The molecule has 1 aliphatic rings. The number of hydrogen-bond donors (Lipinski definition) is 1. The van der Waals surface area contributed by atoms with Gasteiger partial charge in [0, 0.05) is 12.6 Å². The van der Waals surface area contributed by atoms with E-state index in [0.717, 1.165) is 19.4 Å². The van der Waals surface area contributed by atoms with Gasteiger partial charge in [-0.25, -0.2) is 0 Å². The quantitative estimate of drug-likeness (QED) is 0.820. The van der Waals surface area contributed by atoms with Crippen LogP contribution < -0.4 is 5.32 Å². The fourth-order valence-corrected chi connectivity index (χ4v) is 2.54. The molecule has 4 atom stereocenters. The largest absolute Gasteiger partial charge is 0.374 e. The van der Waals surface area contributed by atoms with Crippen LogP contribution >= 0.6 is 0 Å². The molecule has 0 heterocycles. The second-order valence-electron chi connectivity index (χ2n) is 5.19. The summed E-state index contributed by atoms with van der Waals surface area (Å²) in [5.74, 6) is 0. The zero-order chi connectivity index (χ0) is 13.7. The minimum Gasteiger partial charge on any atom is -0.374 e. The van der Waals surface area contributed by atoms with Gasteiger partial charge in [0.15, 0.2) is 0 Å². The molecule has 106 valence electrons. The van der Waals surface area contributed by atoms with Crippen LogP contribution in [0.1, 0.15) is 38.4 Å². The van der Waals surface area contributed by atoms with Gasteiger partial charge >= 0.3 is 0 Å². The number of ether oxygens (including phenoxy) is 2. The SMILES string of the molecule is CCCOC1C(NC)CC1OC(C)c1ccccc1. The molecule has 1 N–H and O–H groups in total. The summed E-state index contributed by atoms with van der Waals surface area (Å²) in [6, 6.07) is 10.8. The monoisotopic (exact) mass is 263 g/mol. The van der Waals surface area contributed by atoms with E-state index in [-0.39, 0.29) is 18.3 Å². The van der Waals surface area contributed by atoms with Crippen LogP contribution in [0.4, 0.5) is 0 Å². The van der Waals surface area contributed by atoms with E-state index in [1.54, 1.807) is 0 Å². The predicted molar refractivity (Wildman–Crippen MR) is 77.2 cm³/mol. The lowest BCUT2D eigenvalue weighted by Gasteiger charge is -2.44. The summed E-state index contributed by atoms with van der Waals surface area (Å²) in [6.45, 7) is 5.05. The van der Waals surface area contributed by atoms with Crippen molar-refractivity contribution >= 4 is 0 Å². The number of hydrogen-bond acceptors (Lipinski definition) is 3. The van der Waals surface area contributed by atoms with E-state index in [9.17, 15) is 0 Å². The van der Waals surface area contributed by atoms with Crippen molar-refractivity contribution in [1.82, 2.24) is 5.32 Å². The lowest BCUT2D eigenvalue weighted by molar-refractivity contribution is -0.165. The first-order chi connectivity index (χ1) is 9.26. The fourth-order valence-electron chi connectivity index (χ4n) is 2.54. The van der Waals surface area contributed by atoms with Crippen LogP contribution in [0.2, 0.25) is 0 Å². The van der Waals surface area contributed by atoms with Gasteiger partial charge in [-0.2, -0.15) is 0 Å². The standard InChI is InChI=1S/C16H25NO2/c1-4-10-18-16-14(17-3)11-15(16)19-12(2)13-8-6-5-7-9-13/h5-9,12,14-17H,4,10-11H2,1-3H3. The zero-order valence-electron chi connectivity index (χ0n) is 12.1. The van der Waals surface area contributed by atoms with E-state index in [2.05, 4.69) is 43.4 Å². The molecule has 4 unspecified atom stereocenters. The van der Waals surface area contributed by atoms with Crippen molar-refractivity contribution in [1.29, 1.82) is 0 Å². The first-order valence-corrected chi connectivity index (χ1v) is 7.25. The molecule has 0 aliphatic heterocycles. The van der Waals surface area contributed by atoms with Crippen LogP contribution in [0.3, 0.4) is 0 Å². The number of likely N-dealkylation sites (N-methyl/N-ethyl adjacent to an activating group) is 1. The summed E-state index contributed by atoms with van der Waals surface area (Å²) in [7, 11) is 1.99. The molecule has 0 radical (unpaired) electrons. The van der Waals surface area contributed by atoms with E-state index in [0.29, 0.717) is 6.04 Å². The topological polar surface area (TPSA) is 30.5 Å². The van der Waals surface area contributed by atoms with Crippen molar-refractivity contribution in [3.05, 3.63) is 35.9 Å². The molecule has 3 heteroatoms. The lowest BCUT2D eigenvalue weighted by Crippen LogP contribution is -2.59. The Morgan fingerprint density at radius 1 is 1.32 bits per heavy atom. The summed E-state index contributed by atoms with van der Waals surface area (Å²) >= 11 is 0. The molecule has 1 aliphatic carbocycles. The minimum atomic E-state index is 0.122. The molecule has 1 saturated carbocycles. The first-order valence-electron chi connectivity index (χ1n) is 7.25. The average Bonchev–Trinajstić information content (AvgIpc) is 2.44.